The summed E-state index contributed by atoms with van der Waals surface area (Å²) in [6.07, 6.45) is 7.73. The van der Waals surface area contributed by atoms with Gasteiger partial charge in [0.15, 0.2) is 0 Å². The van der Waals surface area contributed by atoms with Gasteiger partial charge in [0.2, 0.25) is 10.0 Å². The van der Waals surface area contributed by atoms with Crippen LogP contribution in [0.4, 0.5) is 0 Å². The Kier molecular flexibility index (Phi) is 4.64. The van der Waals surface area contributed by atoms with Crippen LogP contribution in [0.25, 0.3) is 0 Å². The van der Waals surface area contributed by atoms with Crippen LogP contribution in [0.2, 0.25) is 0 Å². The Labute approximate surface area is 149 Å². The van der Waals surface area contributed by atoms with Gasteiger partial charge < -0.3 is 4.74 Å². The minimum Gasteiger partial charge on any atom is -0.372 e. The Bertz CT molecular complexity index is 697. The maximum absolute atomic E-state index is 11.9. The number of aromatic nitrogens is 2. The lowest BCUT2D eigenvalue weighted by molar-refractivity contribution is -0.181. The molecule has 1 atom stereocenters. The SMILES string of the molecule is CCn1cc(CN2CC3(CC[C@H](CNS(=O)(=O)C4CC4)CO3)C2)cn1. The minimum absolute atomic E-state index is 0.00732. The predicted octanol–water partition coefficient (Wildman–Crippen LogP) is 0.966. The lowest BCUT2D eigenvalue weighted by atomic mass is 9.83. The summed E-state index contributed by atoms with van der Waals surface area (Å²) in [4.78, 5) is 2.40. The van der Waals surface area contributed by atoms with Gasteiger partial charge in [0.1, 0.15) is 0 Å². The van der Waals surface area contributed by atoms with Crippen molar-refractivity contribution in [1.82, 2.24) is 19.4 Å². The molecule has 0 bridgehead atoms. The molecule has 1 aromatic heterocycles. The van der Waals surface area contributed by atoms with Crippen LogP contribution in [0.1, 0.15) is 38.2 Å². The maximum Gasteiger partial charge on any atom is 0.214 e. The molecule has 3 heterocycles. The molecule has 25 heavy (non-hydrogen) atoms. The van der Waals surface area contributed by atoms with E-state index in [-0.39, 0.29) is 10.9 Å². The monoisotopic (exact) mass is 368 g/mol. The zero-order valence-corrected chi connectivity index (χ0v) is 15.7. The fourth-order valence-electron chi connectivity index (χ4n) is 3.86. The van der Waals surface area contributed by atoms with Gasteiger partial charge in [-0.2, -0.15) is 5.10 Å². The van der Waals surface area contributed by atoms with Crippen molar-refractivity contribution in [3.8, 4) is 0 Å². The molecule has 7 nitrogen and oxygen atoms in total. The first kappa shape index (κ1) is 17.5. The van der Waals surface area contributed by atoms with E-state index in [2.05, 4.69) is 27.8 Å². The number of nitrogens with one attached hydrogen (secondary N) is 1. The number of hydrogen-bond donors (Lipinski definition) is 1. The number of sulfonamides is 1. The Morgan fingerprint density at radius 1 is 1.36 bits per heavy atom. The van der Waals surface area contributed by atoms with Crippen molar-refractivity contribution in [2.45, 2.75) is 56.5 Å². The van der Waals surface area contributed by atoms with E-state index in [0.29, 0.717) is 19.1 Å². The third kappa shape index (κ3) is 3.92. The van der Waals surface area contributed by atoms with Crippen LogP contribution in [-0.2, 0) is 27.8 Å². The van der Waals surface area contributed by atoms with E-state index in [9.17, 15) is 8.42 Å². The van der Waals surface area contributed by atoms with Gasteiger partial charge in [-0.25, -0.2) is 13.1 Å². The molecule has 1 spiro atoms. The average molecular weight is 369 g/mol. The lowest BCUT2D eigenvalue weighted by Gasteiger charge is -2.53. The zero-order valence-electron chi connectivity index (χ0n) is 14.9. The maximum atomic E-state index is 11.9. The molecule has 4 rings (SSSR count). The molecule has 3 fully saturated rings. The highest BCUT2D eigenvalue weighted by molar-refractivity contribution is 7.90. The van der Waals surface area contributed by atoms with E-state index in [1.165, 1.54) is 5.56 Å². The first-order valence-electron chi connectivity index (χ1n) is 9.34. The molecular formula is C17H28N4O3S. The smallest absolute Gasteiger partial charge is 0.214 e. The quantitative estimate of drug-likeness (QED) is 0.776. The Hall–Kier alpha value is -0.960. The normalized spacial score (nSPS) is 26.7. The standard InChI is InChI=1S/C17H28N4O3S/c1-2-21-10-15(7-18-21)9-20-12-17(13-20)6-5-14(11-24-17)8-19-25(22,23)16-3-4-16/h7,10,14,16,19H,2-6,8-9,11-13H2,1H3/t14-/m1/s1. The van der Waals surface area contributed by atoms with Crippen molar-refractivity contribution in [2.75, 3.05) is 26.2 Å². The van der Waals surface area contributed by atoms with Crippen molar-refractivity contribution in [2.24, 2.45) is 5.92 Å². The van der Waals surface area contributed by atoms with Crippen LogP contribution in [-0.4, -0.2) is 60.2 Å². The summed E-state index contributed by atoms with van der Waals surface area (Å²) >= 11 is 0. The number of nitrogens with zero attached hydrogens (tertiary/aromatic N) is 3. The summed E-state index contributed by atoms with van der Waals surface area (Å²) in [5.41, 5.74) is 1.24. The molecule has 1 N–H and O–H groups in total. The van der Waals surface area contributed by atoms with E-state index < -0.39 is 10.0 Å². The van der Waals surface area contributed by atoms with Crippen LogP contribution in [0.3, 0.4) is 0 Å². The fourth-order valence-corrected chi connectivity index (χ4v) is 5.32. The van der Waals surface area contributed by atoms with Gasteiger partial charge >= 0.3 is 0 Å². The van der Waals surface area contributed by atoms with E-state index in [4.69, 9.17) is 4.74 Å². The van der Waals surface area contributed by atoms with E-state index in [1.807, 2.05) is 10.9 Å². The number of ether oxygens (including phenoxy) is 1. The minimum atomic E-state index is -3.07. The van der Waals surface area contributed by atoms with Gasteiger partial charge in [0, 0.05) is 44.5 Å². The Morgan fingerprint density at radius 3 is 2.76 bits per heavy atom. The summed E-state index contributed by atoms with van der Waals surface area (Å²) in [6, 6.07) is 0. The van der Waals surface area contributed by atoms with E-state index >= 15 is 0 Å². The second kappa shape index (κ2) is 6.64. The molecule has 0 radical (unpaired) electrons. The largest absolute Gasteiger partial charge is 0.372 e. The van der Waals surface area contributed by atoms with Gasteiger partial charge in [0.25, 0.3) is 0 Å². The van der Waals surface area contributed by atoms with Crippen LogP contribution in [0.5, 0.6) is 0 Å². The molecule has 3 aliphatic rings. The summed E-state index contributed by atoms with van der Waals surface area (Å²) in [5, 5.41) is 4.18. The molecule has 0 unspecified atom stereocenters. The summed E-state index contributed by atoms with van der Waals surface area (Å²) < 4.78 is 34.7. The van der Waals surface area contributed by atoms with Crippen LogP contribution in [0, 0.1) is 5.92 Å². The second-order valence-corrected chi connectivity index (χ2v) is 9.89. The predicted molar refractivity (Wildman–Crippen MR) is 94.5 cm³/mol. The molecule has 1 aromatic rings. The van der Waals surface area contributed by atoms with Crippen LogP contribution >= 0.6 is 0 Å². The fraction of sp³-hybridized carbons (Fsp3) is 0.824. The van der Waals surface area contributed by atoms with Gasteiger partial charge in [0.05, 0.1) is 23.7 Å². The first-order chi connectivity index (χ1) is 12.0. The Balaban J connectivity index is 1.19. The highest BCUT2D eigenvalue weighted by atomic mass is 32.2. The van der Waals surface area contributed by atoms with E-state index in [1.54, 1.807) is 0 Å². The van der Waals surface area contributed by atoms with Crippen molar-refractivity contribution in [1.29, 1.82) is 0 Å². The van der Waals surface area contributed by atoms with E-state index in [0.717, 1.165) is 51.9 Å². The summed E-state index contributed by atoms with van der Waals surface area (Å²) in [6.45, 7) is 7.03. The van der Waals surface area contributed by atoms with Crippen molar-refractivity contribution >= 4 is 10.0 Å². The Morgan fingerprint density at radius 2 is 2.16 bits per heavy atom. The highest BCUT2D eigenvalue weighted by Crippen LogP contribution is 2.36. The van der Waals surface area contributed by atoms with Gasteiger partial charge in [-0.3, -0.25) is 9.58 Å². The molecule has 1 saturated carbocycles. The number of hydrogen-bond acceptors (Lipinski definition) is 5. The zero-order chi connectivity index (χ0) is 17.5. The van der Waals surface area contributed by atoms with Gasteiger partial charge in [-0.15, -0.1) is 0 Å². The average Bonchev–Trinajstić information content (AvgIpc) is 3.34. The van der Waals surface area contributed by atoms with Crippen molar-refractivity contribution < 1.29 is 13.2 Å². The molecular weight excluding hydrogens is 340 g/mol. The number of aryl methyl sites for hydroxylation is 1. The van der Waals surface area contributed by atoms with Crippen molar-refractivity contribution in [3.05, 3.63) is 18.0 Å². The topological polar surface area (TPSA) is 76.5 Å². The lowest BCUT2D eigenvalue weighted by Crippen LogP contribution is -2.64. The highest BCUT2D eigenvalue weighted by Gasteiger charge is 2.46. The molecule has 1 aliphatic carbocycles. The first-order valence-corrected chi connectivity index (χ1v) is 10.9. The molecule has 8 heteroatoms. The van der Waals surface area contributed by atoms with Gasteiger partial charge in [-0.05, 0) is 38.5 Å². The number of rotatable bonds is 7. The third-order valence-corrected chi connectivity index (χ3v) is 7.53. The van der Waals surface area contributed by atoms with Gasteiger partial charge in [-0.1, -0.05) is 0 Å². The molecule has 2 aliphatic heterocycles. The number of likely N-dealkylation sites (tertiary alicyclic amines) is 1. The summed E-state index contributed by atoms with van der Waals surface area (Å²) in [5.74, 6) is 0.302. The molecule has 0 amide bonds. The second-order valence-electron chi connectivity index (χ2n) is 7.84. The molecule has 2 saturated heterocycles. The van der Waals surface area contributed by atoms with Crippen molar-refractivity contribution in [3.63, 3.8) is 0 Å². The molecule has 0 aromatic carbocycles. The summed E-state index contributed by atoms with van der Waals surface area (Å²) in [7, 11) is -3.07. The van der Waals surface area contributed by atoms with Crippen LogP contribution in [0.15, 0.2) is 12.4 Å². The molecule has 140 valence electrons. The van der Waals surface area contributed by atoms with Crippen LogP contribution < -0.4 is 4.72 Å². The third-order valence-electron chi connectivity index (χ3n) is 5.61.